The van der Waals surface area contributed by atoms with Crippen LogP contribution in [0.15, 0.2) is 71.3 Å². The number of pyridine rings is 1. The number of fused-ring (bicyclic) bond motifs is 4. The van der Waals surface area contributed by atoms with E-state index in [1.54, 1.807) is 0 Å². The van der Waals surface area contributed by atoms with Gasteiger partial charge in [-0.15, -0.1) is 0 Å². The summed E-state index contributed by atoms with van der Waals surface area (Å²) in [7, 11) is 2.10. The number of rotatable bonds is 3. The molecule has 0 bridgehead atoms. The third-order valence-corrected chi connectivity index (χ3v) is 13.5. The van der Waals surface area contributed by atoms with Crippen molar-refractivity contribution in [2.24, 2.45) is 17.9 Å². The van der Waals surface area contributed by atoms with Crippen molar-refractivity contribution in [3.05, 3.63) is 89.1 Å². The monoisotopic (exact) mass is 599 g/mol. The van der Waals surface area contributed by atoms with Gasteiger partial charge < -0.3 is 4.42 Å². The Morgan fingerprint density at radius 3 is 2.16 bits per heavy atom. The lowest BCUT2D eigenvalue weighted by atomic mass is 9.39. The number of para-hydroxylation sites is 1. The molecule has 234 valence electrons. The van der Waals surface area contributed by atoms with Crippen LogP contribution in [0.3, 0.4) is 0 Å². The van der Waals surface area contributed by atoms with Crippen molar-refractivity contribution >= 4 is 21.9 Å². The smallest absolute Gasteiger partial charge is 0.216 e. The molecule has 0 radical (unpaired) electrons. The van der Waals surface area contributed by atoms with E-state index in [4.69, 9.17) is 4.42 Å². The normalized spacial score (nSPS) is 21.4. The van der Waals surface area contributed by atoms with Crippen LogP contribution in [0.2, 0.25) is 0 Å². The van der Waals surface area contributed by atoms with Crippen LogP contribution in [0.1, 0.15) is 117 Å². The minimum Gasteiger partial charge on any atom is -0.454 e. The van der Waals surface area contributed by atoms with Gasteiger partial charge in [0.2, 0.25) is 5.69 Å². The Balaban J connectivity index is 1.57. The molecule has 0 aliphatic heterocycles. The topological polar surface area (TPSA) is 17.0 Å². The van der Waals surface area contributed by atoms with Gasteiger partial charge in [-0.3, -0.25) is 0 Å². The van der Waals surface area contributed by atoms with Gasteiger partial charge in [-0.25, -0.2) is 4.57 Å². The van der Waals surface area contributed by atoms with Crippen LogP contribution in [0.25, 0.3) is 44.3 Å². The summed E-state index contributed by atoms with van der Waals surface area (Å²) < 4.78 is 19.3. The molecule has 7 rings (SSSR count). The zero-order valence-electron chi connectivity index (χ0n) is 30.2. The molecule has 45 heavy (non-hydrogen) atoms. The van der Waals surface area contributed by atoms with Gasteiger partial charge in [-0.1, -0.05) is 117 Å². The van der Waals surface area contributed by atoms with Crippen molar-refractivity contribution in [3.63, 3.8) is 0 Å². The molecule has 1 fully saturated rings. The van der Waals surface area contributed by atoms with Gasteiger partial charge in [0.05, 0.1) is 5.56 Å². The lowest BCUT2D eigenvalue weighted by molar-refractivity contribution is -0.660. The van der Waals surface area contributed by atoms with E-state index in [0.717, 1.165) is 64.4 Å². The molecule has 2 aliphatic carbocycles. The molecule has 0 amide bonds. The summed E-state index contributed by atoms with van der Waals surface area (Å²) >= 11 is 0. The van der Waals surface area contributed by atoms with E-state index in [9.17, 15) is 1.37 Å². The van der Waals surface area contributed by atoms with Crippen molar-refractivity contribution in [1.82, 2.24) is 0 Å². The molecule has 3 aromatic carbocycles. The first-order chi connectivity index (χ1) is 21.5. The summed E-state index contributed by atoms with van der Waals surface area (Å²) in [5.74, 6) is -0.586. The van der Waals surface area contributed by atoms with Crippen LogP contribution < -0.4 is 4.57 Å². The van der Waals surface area contributed by atoms with Gasteiger partial charge in [-0.05, 0) is 81.2 Å². The number of nitrogens with zero attached hydrogens (tertiary/aromatic N) is 1. The Bertz CT molecular complexity index is 2010. The summed E-state index contributed by atoms with van der Waals surface area (Å²) in [5.41, 5.74) is 11.6. The molecule has 2 aromatic heterocycles. The summed E-state index contributed by atoms with van der Waals surface area (Å²) in [6.07, 6.45) is 7.43. The number of benzene rings is 3. The van der Waals surface area contributed by atoms with Gasteiger partial charge in [-0.2, -0.15) is 0 Å². The van der Waals surface area contributed by atoms with E-state index >= 15 is 0 Å². The maximum absolute atomic E-state index is 10.1. The predicted molar refractivity (Wildman–Crippen MR) is 190 cm³/mol. The molecule has 2 heteroatoms. The zero-order valence-corrected chi connectivity index (χ0v) is 29.2. The van der Waals surface area contributed by atoms with E-state index in [-0.39, 0.29) is 21.7 Å². The standard InChI is InChI=1S/C43H52NO/c1-27-22-23-32-31-20-16-19-30(38(31)45-39(32)36(27)35-21-14-15-24-44(35)10)29-25-33(28-17-12-11-13-18-28)37-34(26-29)40(2,3)42(6,7)43(8,9)41(37,4)5/h14-16,19-26,28H,11-13,17-18H2,1-10H3/q+1/i28D. The van der Waals surface area contributed by atoms with Gasteiger partial charge in [0.1, 0.15) is 18.2 Å². The van der Waals surface area contributed by atoms with Crippen LogP contribution in [-0.2, 0) is 17.9 Å². The predicted octanol–water partition coefficient (Wildman–Crippen LogP) is 11.7. The van der Waals surface area contributed by atoms with Gasteiger partial charge in [0, 0.05) is 29.8 Å². The van der Waals surface area contributed by atoms with Crippen LogP contribution in [0.4, 0.5) is 0 Å². The third-order valence-electron chi connectivity index (χ3n) is 13.5. The largest absolute Gasteiger partial charge is 0.454 e. The number of aryl methyl sites for hydroxylation is 2. The van der Waals surface area contributed by atoms with Crippen molar-refractivity contribution in [2.45, 2.75) is 111 Å². The molecule has 2 aliphatic rings. The molecular formula is C43H52NO+. The number of hydrogen-bond acceptors (Lipinski definition) is 1. The van der Waals surface area contributed by atoms with Crippen LogP contribution in [0.5, 0.6) is 0 Å². The summed E-state index contributed by atoms with van der Waals surface area (Å²) in [5, 5.41) is 2.29. The highest BCUT2D eigenvalue weighted by atomic mass is 16.3. The molecule has 0 N–H and O–H groups in total. The number of hydrogen-bond donors (Lipinski definition) is 0. The van der Waals surface area contributed by atoms with Crippen molar-refractivity contribution in [3.8, 4) is 22.4 Å². The molecule has 0 unspecified atom stereocenters. The highest BCUT2D eigenvalue weighted by Gasteiger charge is 2.61. The first kappa shape index (κ1) is 29.0. The van der Waals surface area contributed by atoms with E-state index in [1.165, 1.54) is 34.2 Å². The maximum atomic E-state index is 10.1. The first-order valence-electron chi connectivity index (χ1n) is 17.6. The Morgan fingerprint density at radius 1 is 0.756 bits per heavy atom. The molecule has 2 heterocycles. The zero-order chi connectivity index (χ0) is 33.0. The van der Waals surface area contributed by atoms with Crippen molar-refractivity contribution in [2.75, 3.05) is 0 Å². The lowest BCUT2D eigenvalue weighted by Gasteiger charge is -2.65. The Hall–Kier alpha value is -3.39. The molecule has 0 saturated heterocycles. The van der Waals surface area contributed by atoms with Crippen LogP contribution >= 0.6 is 0 Å². The highest BCUT2D eigenvalue weighted by Crippen LogP contribution is 2.67. The Kier molecular flexibility index (Phi) is 6.49. The van der Waals surface area contributed by atoms with Gasteiger partial charge in [0.25, 0.3) is 0 Å². The van der Waals surface area contributed by atoms with Gasteiger partial charge in [0.15, 0.2) is 6.20 Å². The fraction of sp³-hybridized carbons (Fsp3) is 0.465. The molecule has 1 saturated carbocycles. The lowest BCUT2D eigenvalue weighted by Crippen LogP contribution is -2.60. The molecule has 2 nitrogen and oxygen atoms in total. The van der Waals surface area contributed by atoms with Gasteiger partial charge >= 0.3 is 0 Å². The summed E-state index contributed by atoms with van der Waals surface area (Å²) in [6.45, 7) is 21.8. The second kappa shape index (κ2) is 10.1. The average Bonchev–Trinajstić information content (AvgIpc) is 3.39. The van der Waals surface area contributed by atoms with E-state index in [0.29, 0.717) is 0 Å². The Labute approximate surface area is 272 Å². The summed E-state index contributed by atoms with van der Waals surface area (Å²) in [6, 6.07) is 22.3. The average molecular weight is 600 g/mol. The molecule has 0 spiro atoms. The van der Waals surface area contributed by atoms with Crippen LogP contribution in [0, 0.1) is 17.8 Å². The fourth-order valence-electron chi connectivity index (χ4n) is 8.99. The molecular weight excluding hydrogens is 546 g/mol. The number of furan rings is 1. The maximum Gasteiger partial charge on any atom is 0.216 e. The van der Waals surface area contributed by atoms with E-state index in [1.807, 2.05) is 0 Å². The second-order valence-electron chi connectivity index (χ2n) is 16.2. The fourth-order valence-corrected chi connectivity index (χ4v) is 8.99. The third kappa shape index (κ3) is 4.09. The van der Waals surface area contributed by atoms with Crippen molar-refractivity contribution in [1.29, 1.82) is 0 Å². The summed E-state index contributed by atoms with van der Waals surface area (Å²) in [4.78, 5) is 0. The quantitative estimate of drug-likeness (QED) is 0.189. The van der Waals surface area contributed by atoms with Crippen LogP contribution in [-0.4, -0.2) is 0 Å². The Morgan fingerprint density at radius 2 is 1.44 bits per heavy atom. The highest BCUT2D eigenvalue weighted by molar-refractivity contribution is 6.13. The van der Waals surface area contributed by atoms with E-state index in [2.05, 4.69) is 141 Å². The molecule has 0 atom stereocenters. The molecule has 5 aromatic rings. The minimum absolute atomic E-state index is 0.0111. The second-order valence-corrected chi connectivity index (χ2v) is 16.2. The van der Waals surface area contributed by atoms with Crippen molar-refractivity contribution < 1.29 is 10.4 Å². The first-order valence-corrected chi connectivity index (χ1v) is 17.1. The SMILES string of the molecule is [2H]C1(c2cc(-c3cccc4c3oc3c(-c5cccc[n+]5C)c(C)ccc34)cc3c2C(C)(C)C(C)(C)C(C)(C)C3(C)C)CCCCC1. The minimum atomic E-state index is -0.586. The number of aromatic nitrogens is 1. The van der Waals surface area contributed by atoms with E-state index < -0.39 is 5.89 Å².